The predicted molar refractivity (Wildman–Crippen MR) is 103 cm³/mol. The molecule has 3 aromatic rings. The van der Waals surface area contributed by atoms with Gasteiger partial charge in [0.2, 0.25) is 0 Å². The van der Waals surface area contributed by atoms with Crippen molar-refractivity contribution in [1.82, 2.24) is 14.5 Å². The summed E-state index contributed by atoms with van der Waals surface area (Å²) >= 11 is 5.81. The van der Waals surface area contributed by atoms with Gasteiger partial charge in [0.25, 0.3) is 0 Å². The van der Waals surface area contributed by atoms with Gasteiger partial charge in [-0.3, -0.25) is 0 Å². The van der Waals surface area contributed by atoms with Crippen molar-refractivity contribution >= 4 is 39.4 Å². The number of nitrogen functional groups attached to an aromatic ring is 1. The van der Waals surface area contributed by atoms with Gasteiger partial charge in [-0.15, -0.1) is 11.6 Å². The van der Waals surface area contributed by atoms with Crippen LogP contribution >= 0.6 is 11.6 Å². The summed E-state index contributed by atoms with van der Waals surface area (Å²) in [7, 11) is 0. The minimum atomic E-state index is 0.529. The lowest BCUT2D eigenvalue weighted by molar-refractivity contribution is 0.585. The van der Waals surface area contributed by atoms with Crippen molar-refractivity contribution < 1.29 is 0 Å². The van der Waals surface area contributed by atoms with E-state index in [1.54, 1.807) is 0 Å². The first-order valence-electron chi connectivity index (χ1n) is 8.85. The number of nitrogens with zero attached hydrogens (tertiary/aromatic N) is 3. The second-order valence-electron chi connectivity index (χ2n) is 6.24. The molecule has 4 nitrogen and oxygen atoms in total. The van der Waals surface area contributed by atoms with Gasteiger partial charge in [-0.05, 0) is 25.3 Å². The summed E-state index contributed by atoms with van der Waals surface area (Å²) < 4.78 is 2.36. The van der Waals surface area contributed by atoms with Gasteiger partial charge in [0.15, 0.2) is 5.82 Å². The van der Waals surface area contributed by atoms with E-state index in [0.29, 0.717) is 5.82 Å². The average molecular weight is 345 g/mol. The van der Waals surface area contributed by atoms with Crippen LogP contribution in [0.3, 0.4) is 0 Å². The maximum atomic E-state index is 6.21. The number of aryl methyl sites for hydroxylation is 2. The van der Waals surface area contributed by atoms with Crippen molar-refractivity contribution in [2.75, 3.05) is 11.6 Å². The highest BCUT2D eigenvalue weighted by molar-refractivity contribution is 6.17. The van der Waals surface area contributed by atoms with Gasteiger partial charge < -0.3 is 10.3 Å². The lowest BCUT2D eigenvalue weighted by atomic mass is 10.1. The summed E-state index contributed by atoms with van der Waals surface area (Å²) in [4.78, 5) is 9.38. The first-order chi connectivity index (χ1) is 11.8. The van der Waals surface area contributed by atoms with Crippen molar-refractivity contribution in [2.24, 2.45) is 0 Å². The molecule has 5 heteroatoms. The number of rotatable bonds is 8. The number of unbranched alkanes of at least 4 members (excludes halogenated alkanes) is 3. The van der Waals surface area contributed by atoms with Crippen LogP contribution in [0.4, 0.5) is 5.82 Å². The van der Waals surface area contributed by atoms with Crippen LogP contribution in [0.15, 0.2) is 24.3 Å². The Morgan fingerprint density at radius 1 is 1.08 bits per heavy atom. The molecule has 0 aliphatic heterocycles. The maximum Gasteiger partial charge on any atom is 0.152 e. The fourth-order valence-corrected chi connectivity index (χ4v) is 3.40. The summed E-state index contributed by atoms with van der Waals surface area (Å²) in [6, 6.07) is 8.18. The number of hydrogen-bond acceptors (Lipinski definition) is 3. The summed E-state index contributed by atoms with van der Waals surface area (Å²) in [5.74, 6) is 2.39. The molecule has 128 valence electrons. The smallest absolute Gasteiger partial charge is 0.152 e. The number of hydrogen-bond donors (Lipinski definition) is 1. The second kappa shape index (κ2) is 7.84. The summed E-state index contributed by atoms with van der Waals surface area (Å²) in [6.07, 6.45) is 6.57. The van der Waals surface area contributed by atoms with E-state index in [0.717, 1.165) is 78.7 Å². The number of nitrogens with two attached hydrogens (primary N) is 1. The molecule has 0 saturated carbocycles. The number of pyridine rings is 1. The number of fused-ring (bicyclic) bond motifs is 3. The van der Waals surface area contributed by atoms with Gasteiger partial charge in [-0.1, -0.05) is 38.0 Å². The third-order valence-electron chi connectivity index (χ3n) is 4.46. The van der Waals surface area contributed by atoms with Crippen LogP contribution in [0.25, 0.3) is 21.9 Å². The Labute approximate surface area is 148 Å². The Morgan fingerprint density at radius 2 is 1.92 bits per heavy atom. The lowest BCUT2D eigenvalue weighted by Crippen LogP contribution is -2.05. The minimum Gasteiger partial charge on any atom is -0.382 e. The molecule has 0 fully saturated rings. The monoisotopic (exact) mass is 344 g/mol. The zero-order valence-electron chi connectivity index (χ0n) is 14.3. The number of halogens is 1. The molecule has 0 radical (unpaired) electrons. The summed E-state index contributed by atoms with van der Waals surface area (Å²) in [5, 5.41) is 1.13. The molecule has 2 aromatic heterocycles. The number of para-hydroxylation sites is 1. The topological polar surface area (TPSA) is 56.7 Å². The van der Waals surface area contributed by atoms with Crippen molar-refractivity contribution in [3.8, 4) is 0 Å². The predicted octanol–water partition coefficient (Wildman–Crippen LogP) is 4.92. The third kappa shape index (κ3) is 3.34. The van der Waals surface area contributed by atoms with Crippen molar-refractivity contribution in [1.29, 1.82) is 0 Å². The highest BCUT2D eigenvalue weighted by Gasteiger charge is 2.16. The molecule has 0 amide bonds. The first-order valence-corrected chi connectivity index (χ1v) is 9.39. The van der Waals surface area contributed by atoms with Gasteiger partial charge in [0.05, 0.1) is 11.0 Å². The highest BCUT2D eigenvalue weighted by atomic mass is 35.5. The fraction of sp³-hybridized carbons (Fsp3) is 0.474. The zero-order chi connectivity index (χ0) is 16.9. The maximum absolute atomic E-state index is 6.21. The SMILES string of the molecule is CCCCc1nc2c(N)nc3ccccc3c2n1CCCCCCl. The van der Waals surface area contributed by atoms with Crippen molar-refractivity contribution in [3.05, 3.63) is 30.1 Å². The van der Waals surface area contributed by atoms with E-state index in [2.05, 4.69) is 28.6 Å². The Morgan fingerprint density at radius 3 is 2.71 bits per heavy atom. The van der Waals surface area contributed by atoms with Gasteiger partial charge in [-0.2, -0.15) is 0 Å². The molecule has 1 aromatic carbocycles. The largest absolute Gasteiger partial charge is 0.382 e. The van der Waals surface area contributed by atoms with E-state index in [9.17, 15) is 0 Å². The Hall–Kier alpha value is -1.81. The van der Waals surface area contributed by atoms with E-state index in [1.165, 1.54) is 0 Å². The van der Waals surface area contributed by atoms with Crippen LogP contribution in [0.1, 0.15) is 44.9 Å². The molecule has 0 aliphatic carbocycles. The molecule has 0 unspecified atom stereocenters. The molecule has 2 N–H and O–H groups in total. The van der Waals surface area contributed by atoms with Crippen LogP contribution in [0.2, 0.25) is 0 Å². The van der Waals surface area contributed by atoms with Crippen molar-refractivity contribution in [2.45, 2.75) is 52.0 Å². The zero-order valence-corrected chi connectivity index (χ0v) is 15.0. The molecule has 2 heterocycles. The van der Waals surface area contributed by atoms with Crippen molar-refractivity contribution in [3.63, 3.8) is 0 Å². The highest BCUT2D eigenvalue weighted by Crippen LogP contribution is 2.29. The normalized spacial score (nSPS) is 11.6. The molecular formula is C19H25ClN4. The van der Waals surface area contributed by atoms with E-state index in [1.807, 2.05) is 12.1 Å². The lowest BCUT2D eigenvalue weighted by Gasteiger charge is -2.10. The molecular weight excluding hydrogens is 320 g/mol. The molecule has 3 rings (SSSR count). The number of anilines is 1. The molecule has 0 bridgehead atoms. The number of alkyl halides is 1. The Kier molecular flexibility index (Phi) is 5.56. The van der Waals surface area contributed by atoms with Gasteiger partial charge in [0.1, 0.15) is 11.3 Å². The molecule has 24 heavy (non-hydrogen) atoms. The Balaban J connectivity index is 2.11. The van der Waals surface area contributed by atoms with E-state index < -0.39 is 0 Å². The van der Waals surface area contributed by atoms with E-state index in [4.69, 9.17) is 22.3 Å². The third-order valence-corrected chi connectivity index (χ3v) is 4.73. The van der Waals surface area contributed by atoms with Crippen LogP contribution in [-0.4, -0.2) is 20.4 Å². The van der Waals surface area contributed by atoms with Crippen LogP contribution < -0.4 is 5.73 Å². The molecule has 0 saturated heterocycles. The number of aromatic nitrogens is 3. The quantitative estimate of drug-likeness (QED) is 0.466. The van der Waals surface area contributed by atoms with Crippen LogP contribution in [0, 0.1) is 0 Å². The first kappa shape index (κ1) is 17.0. The molecule has 0 aliphatic rings. The second-order valence-corrected chi connectivity index (χ2v) is 6.62. The standard InChI is InChI=1S/C19H25ClN4/c1-2-3-11-16-23-17-18(24(16)13-8-4-7-12-20)14-9-5-6-10-15(14)22-19(17)21/h5-6,9-10H,2-4,7-8,11-13H2,1H3,(H2,21,22). The minimum absolute atomic E-state index is 0.529. The molecule has 0 atom stereocenters. The van der Waals surface area contributed by atoms with Gasteiger partial charge in [0, 0.05) is 24.2 Å². The Bertz CT molecular complexity index is 825. The number of imidazole rings is 1. The van der Waals surface area contributed by atoms with Gasteiger partial charge >= 0.3 is 0 Å². The molecule has 0 spiro atoms. The fourth-order valence-electron chi connectivity index (χ4n) is 3.21. The summed E-state index contributed by atoms with van der Waals surface area (Å²) in [5.41, 5.74) is 9.12. The van der Waals surface area contributed by atoms with E-state index in [-0.39, 0.29) is 0 Å². The van der Waals surface area contributed by atoms with Crippen LogP contribution in [-0.2, 0) is 13.0 Å². The van der Waals surface area contributed by atoms with Gasteiger partial charge in [-0.25, -0.2) is 9.97 Å². The van der Waals surface area contributed by atoms with E-state index >= 15 is 0 Å². The average Bonchev–Trinajstić information content (AvgIpc) is 2.96. The summed E-state index contributed by atoms with van der Waals surface area (Å²) in [6.45, 7) is 3.17. The number of benzene rings is 1. The van der Waals surface area contributed by atoms with Crippen LogP contribution in [0.5, 0.6) is 0 Å².